The molecule has 0 bridgehead atoms. The number of piperidine rings is 1. The highest BCUT2D eigenvalue weighted by molar-refractivity contribution is 7.89. The summed E-state index contributed by atoms with van der Waals surface area (Å²) < 4.78 is 41.2. The predicted octanol–water partition coefficient (Wildman–Crippen LogP) is 1.05. The Morgan fingerprint density at radius 2 is 2.24 bits per heavy atom. The summed E-state index contributed by atoms with van der Waals surface area (Å²) in [6.45, 7) is 4.74. The van der Waals surface area contributed by atoms with Crippen LogP contribution in [-0.4, -0.2) is 39.0 Å². The Balaban J connectivity index is 2.18. The molecule has 0 spiro atoms. The van der Waals surface area contributed by atoms with Crippen LogP contribution in [0, 0.1) is 5.82 Å². The molecule has 0 aliphatic carbocycles. The number of likely N-dealkylation sites (tertiary alicyclic amines) is 1. The van der Waals surface area contributed by atoms with Crippen LogP contribution in [-0.2, 0) is 16.6 Å². The third kappa shape index (κ3) is 4.00. The minimum atomic E-state index is -3.86. The van der Waals surface area contributed by atoms with E-state index in [1.54, 1.807) is 0 Å². The summed E-state index contributed by atoms with van der Waals surface area (Å²) in [6, 6.07) is 3.77. The molecule has 0 radical (unpaired) electrons. The Morgan fingerprint density at radius 3 is 2.90 bits per heavy atom. The van der Waals surface area contributed by atoms with Crippen LogP contribution in [0.25, 0.3) is 0 Å². The van der Waals surface area contributed by atoms with Gasteiger partial charge in [0.15, 0.2) is 0 Å². The molecular weight excluding hydrogens is 293 g/mol. The van der Waals surface area contributed by atoms with E-state index in [1.807, 2.05) is 6.92 Å². The van der Waals surface area contributed by atoms with Crippen molar-refractivity contribution in [2.75, 3.05) is 19.6 Å². The van der Waals surface area contributed by atoms with E-state index in [9.17, 15) is 12.8 Å². The molecule has 1 atom stereocenters. The van der Waals surface area contributed by atoms with Crippen LogP contribution in [0.1, 0.15) is 25.3 Å². The van der Waals surface area contributed by atoms with E-state index < -0.39 is 15.8 Å². The molecule has 1 aliphatic rings. The Morgan fingerprint density at radius 1 is 1.48 bits per heavy atom. The Labute approximate surface area is 125 Å². The molecule has 7 heteroatoms. The molecule has 2 rings (SSSR count). The minimum Gasteiger partial charge on any atom is -0.326 e. The molecule has 1 unspecified atom stereocenters. The lowest BCUT2D eigenvalue weighted by atomic mass is 10.1. The molecule has 0 aromatic heterocycles. The van der Waals surface area contributed by atoms with Crippen LogP contribution in [0.5, 0.6) is 0 Å². The maximum absolute atomic E-state index is 13.8. The second-order valence-electron chi connectivity index (χ2n) is 5.32. The van der Waals surface area contributed by atoms with Crippen molar-refractivity contribution >= 4 is 10.0 Å². The van der Waals surface area contributed by atoms with E-state index in [2.05, 4.69) is 9.62 Å². The van der Waals surface area contributed by atoms with Gasteiger partial charge >= 0.3 is 0 Å². The molecule has 21 heavy (non-hydrogen) atoms. The normalized spacial score (nSPS) is 20.6. The highest BCUT2D eigenvalue weighted by Gasteiger charge is 2.26. The lowest BCUT2D eigenvalue weighted by Crippen LogP contribution is -2.47. The van der Waals surface area contributed by atoms with Crippen molar-refractivity contribution in [2.24, 2.45) is 5.73 Å². The molecule has 118 valence electrons. The van der Waals surface area contributed by atoms with Gasteiger partial charge in [-0.1, -0.05) is 13.0 Å². The largest absolute Gasteiger partial charge is 0.326 e. The van der Waals surface area contributed by atoms with Crippen molar-refractivity contribution < 1.29 is 12.8 Å². The molecule has 1 aromatic rings. The number of rotatable bonds is 5. The number of hydrogen-bond acceptors (Lipinski definition) is 4. The highest BCUT2D eigenvalue weighted by atomic mass is 32.2. The van der Waals surface area contributed by atoms with Crippen molar-refractivity contribution in [1.82, 2.24) is 9.62 Å². The van der Waals surface area contributed by atoms with Gasteiger partial charge in [-0.15, -0.1) is 0 Å². The van der Waals surface area contributed by atoms with Gasteiger partial charge < -0.3 is 10.6 Å². The summed E-state index contributed by atoms with van der Waals surface area (Å²) in [5.74, 6) is -0.747. The third-order valence-electron chi connectivity index (χ3n) is 3.80. The van der Waals surface area contributed by atoms with E-state index in [4.69, 9.17) is 5.73 Å². The quantitative estimate of drug-likeness (QED) is 0.851. The van der Waals surface area contributed by atoms with E-state index in [0.717, 1.165) is 32.0 Å². The number of sulfonamides is 1. The van der Waals surface area contributed by atoms with Crippen LogP contribution in [0.3, 0.4) is 0 Å². The van der Waals surface area contributed by atoms with Gasteiger partial charge in [-0.25, -0.2) is 17.5 Å². The van der Waals surface area contributed by atoms with Gasteiger partial charge in [0.1, 0.15) is 10.7 Å². The monoisotopic (exact) mass is 315 g/mol. The zero-order valence-corrected chi connectivity index (χ0v) is 13.0. The molecule has 1 aliphatic heterocycles. The number of nitrogens with zero attached hydrogens (tertiary/aromatic N) is 1. The van der Waals surface area contributed by atoms with E-state index in [0.29, 0.717) is 12.1 Å². The van der Waals surface area contributed by atoms with Crippen molar-refractivity contribution in [2.45, 2.75) is 37.2 Å². The molecule has 5 nitrogen and oxygen atoms in total. The first-order chi connectivity index (χ1) is 9.96. The van der Waals surface area contributed by atoms with Gasteiger partial charge in [0.05, 0.1) is 0 Å². The SMILES string of the molecule is CCN1CCCC(NS(=O)(=O)c2cc(CN)ccc2F)C1. The molecule has 1 saturated heterocycles. The first-order valence-electron chi connectivity index (χ1n) is 7.19. The lowest BCUT2D eigenvalue weighted by Gasteiger charge is -2.32. The van der Waals surface area contributed by atoms with Crippen LogP contribution < -0.4 is 10.5 Å². The zero-order chi connectivity index (χ0) is 15.5. The number of benzene rings is 1. The standard InChI is InChI=1S/C14H22FN3O2S/c1-2-18-7-3-4-12(10-18)17-21(19,20)14-8-11(9-16)5-6-13(14)15/h5-6,8,12,17H,2-4,7,9-10,16H2,1H3. The van der Waals surface area contributed by atoms with Gasteiger partial charge in [-0.2, -0.15) is 0 Å². The molecular formula is C14H22FN3O2S. The number of hydrogen-bond donors (Lipinski definition) is 2. The first-order valence-corrected chi connectivity index (χ1v) is 8.67. The first kappa shape index (κ1) is 16.4. The number of nitrogens with two attached hydrogens (primary N) is 1. The fourth-order valence-electron chi connectivity index (χ4n) is 2.60. The van der Waals surface area contributed by atoms with Crippen molar-refractivity contribution in [1.29, 1.82) is 0 Å². The van der Waals surface area contributed by atoms with E-state index in [1.165, 1.54) is 12.1 Å². The molecule has 1 aromatic carbocycles. The smallest absolute Gasteiger partial charge is 0.243 e. The van der Waals surface area contributed by atoms with Crippen LogP contribution in [0.2, 0.25) is 0 Å². The van der Waals surface area contributed by atoms with E-state index >= 15 is 0 Å². The molecule has 3 N–H and O–H groups in total. The average molecular weight is 315 g/mol. The number of halogens is 1. The van der Waals surface area contributed by atoms with Gasteiger partial charge in [0, 0.05) is 19.1 Å². The summed E-state index contributed by atoms with van der Waals surface area (Å²) in [7, 11) is -3.86. The molecule has 0 amide bonds. The van der Waals surface area contributed by atoms with Crippen LogP contribution in [0.15, 0.2) is 23.1 Å². The summed E-state index contributed by atoms with van der Waals surface area (Å²) in [5, 5.41) is 0. The van der Waals surface area contributed by atoms with E-state index in [-0.39, 0.29) is 17.5 Å². The maximum atomic E-state index is 13.8. The fourth-order valence-corrected chi connectivity index (χ4v) is 3.99. The average Bonchev–Trinajstić information content (AvgIpc) is 2.47. The summed E-state index contributed by atoms with van der Waals surface area (Å²) in [5.41, 5.74) is 6.08. The third-order valence-corrected chi connectivity index (χ3v) is 5.33. The highest BCUT2D eigenvalue weighted by Crippen LogP contribution is 2.18. The summed E-state index contributed by atoms with van der Waals surface area (Å²) in [4.78, 5) is 1.86. The van der Waals surface area contributed by atoms with Gasteiger partial charge in [0.2, 0.25) is 10.0 Å². The van der Waals surface area contributed by atoms with Gasteiger partial charge in [-0.3, -0.25) is 0 Å². The van der Waals surface area contributed by atoms with Gasteiger partial charge in [0.25, 0.3) is 0 Å². The maximum Gasteiger partial charge on any atom is 0.243 e. The topological polar surface area (TPSA) is 75.4 Å². The van der Waals surface area contributed by atoms with Crippen LogP contribution >= 0.6 is 0 Å². The Hall–Kier alpha value is -1.02. The summed E-state index contributed by atoms with van der Waals surface area (Å²) >= 11 is 0. The summed E-state index contributed by atoms with van der Waals surface area (Å²) in [6.07, 6.45) is 1.71. The van der Waals surface area contributed by atoms with Crippen molar-refractivity contribution in [3.8, 4) is 0 Å². The predicted molar refractivity (Wildman–Crippen MR) is 79.7 cm³/mol. The number of nitrogens with one attached hydrogen (secondary N) is 1. The second-order valence-corrected chi connectivity index (χ2v) is 7.00. The molecule has 1 heterocycles. The Kier molecular flexibility index (Phi) is 5.32. The second kappa shape index (κ2) is 6.83. The minimum absolute atomic E-state index is 0.176. The van der Waals surface area contributed by atoms with Crippen molar-refractivity contribution in [3.63, 3.8) is 0 Å². The van der Waals surface area contributed by atoms with Crippen molar-refractivity contribution in [3.05, 3.63) is 29.6 Å². The molecule has 0 saturated carbocycles. The van der Waals surface area contributed by atoms with Gasteiger partial charge in [-0.05, 0) is 43.6 Å². The molecule has 1 fully saturated rings. The Bertz CT molecular complexity index is 592. The number of likely N-dealkylation sites (N-methyl/N-ethyl adjacent to an activating group) is 1. The van der Waals surface area contributed by atoms with Crippen LogP contribution in [0.4, 0.5) is 4.39 Å². The fraction of sp³-hybridized carbons (Fsp3) is 0.571. The zero-order valence-electron chi connectivity index (χ0n) is 12.2. The lowest BCUT2D eigenvalue weighted by molar-refractivity contribution is 0.211.